The molecule has 1 aliphatic carbocycles. The number of hydrogen-bond donors (Lipinski definition) is 0. The average Bonchev–Trinajstić information content (AvgIpc) is 2.77. The molecule has 0 N–H and O–H groups in total. The van der Waals surface area contributed by atoms with Crippen LogP contribution in [0.3, 0.4) is 0 Å². The van der Waals surface area contributed by atoms with E-state index in [0.717, 1.165) is 56.3 Å². The second-order valence-electron chi connectivity index (χ2n) is 8.53. The number of fused-ring (bicyclic) bond motifs is 1. The van der Waals surface area contributed by atoms with Gasteiger partial charge in [-0.2, -0.15) is 0 Å². The minimum Gasteiger partial charge on any atom is -0.353 e. The Morgan fingerprint density at radius 1 is 1.00 bits per heavy atom. The number of benzene rings is 1. The molecular weight excluding hydrogens is 346 g/mol. The molecule has 1 aromatic heterocycles. The highest BCUT2D eigenvalue weighted by molar-refractivity contribution is 5.81. The molecule has 1 aromatic carbocycles. The Morgan fingerprint density at radius 3 is 2.50 bits per heavy atom. The lowest BCUT2D eigenvalue weighted by molar-refractivity contribution is -0.137. The average molecular weight is 380 g/mol. The minimum atomic E-state index is 0.267. The van der Waals surface area contributed by atoms with Crippen LogP contribution in [-0.2, 0) is 4.79 Å². The fourth-order valence-corrected chi connectivity index (χ4v) is 4.84. The number of carbonyl (C=O) groups is 1. The van der Waals surface area contributed by atoms with Gasteiger partial charge in [-0.1, -0.05) is 44.4 Å². The number of amides is 1. The first kappa shape index (κ1) is 19.2. The van der Waals surface area contributed by atoms with Crippen molar-refractivity contribution in [2.24, 2.45) is 11.8 Å². The highest BCUT2D eigenvalue weighted by Gasteiger charge is 2.31. The van der Waals surface area contributed by atoms with Gasteiger partial charge < -0.3 is 9.80 Å². The zero-order valence-corrected chi connectivity index (χ0v) is 17.1. The van der Waals surface area contributed by atoms with Crippen molar-refractivity contribution >= 4 is 22.6 Å². The summed E-state index contributed by atoms with van der Waals surface area (Å²) >= 11 is 0. The lowest BCUT2D eigenvalue weighted by Gasteiger charge is -2.38. The van der Waals surface area contributed by atoms with Crippen LogP contribution in [0.1, 0.15) is 51.9 Å². The van der Waals surface area contributed by atoms with E-state index < -0.39 is 0 Å². The number of unbranched alkanes of at least 4 members (excludes halogenated alkanes) is 1. The normalized spacial score (nSPS) is 23.2. The maximum Gasteiger partial charge on any atom is 0.225 e. The molecule has 1 amide bonds. The Morgan fingerprint density at radius 2 is 1.75 bits per heavy atom. The molecular formula is C24H33N3O. The number of hydrogen-bond acceptors (Lipinski definition) is 3. The fourth-order valence-electron chi connectivity index (χ4n) is 4.84. The molecule has 0 spiro atoms. The Balaban J connectivity index is 1.29. The van der Waals surface area contributed by atoms with E-state index in [4.69, 9.17) is 4.98 Å². The predicted octanol–water partition coefficient (Wildman–Crippen LogP) is 4.88. The summed E-state index contributed by atoms with van der Waals surface area (Å²) in [7, 11) is 0. The van der Waals surface area contributed by atoms with Gasteiger partial charge in [0.1, 0.15) is 5.82 Å². The first-order valence-electron chi connectivity index (χ1n) is 11.1. The Hall–Kier alpha value is -2.10. The van der Waals surface area contributed by atoms with Crippen molar-refractivity contribution in [3.8, 4) is 0 Å². The molecule has 4 rings (SSSR count). The molecule has 28 heavy (non-hydrogen) atoms. The van der Waals surface area contributed by atoms with E-state index in [-0.39, 0.29) is 5.92 Å². The Labute approximate surface area is 168 Å². The van der Waals surface area contributed by atoms with E-state index in [9.17, 15) is 4.79 Å². The van der Waals surface area contributed by atoms with Crippen molar-refractivity contribution in [2.75, 3.05) is 31.1 Å². The van der Waals surface area contributed by atoms with E-state index in [2.05, 4.69) is 41.0 Å². The molecule has 0 radical (unpaired) electrons. The first-order chi connectivity index (χ1) is 13.7. The van der Waals surface area contributed by atoms with Crippen molar-refractivity contribution in [3.05, 3.63) is 36.4 Å². The summed E-state index contributed by atoms with van der Waals surface area (Å²) in [5, 5.41) is 1.18. The molecule has 1 saturated carbocycles. The molecule has 150 valence electrons. The van der Waals surface area contributed by atoms with Crippen LogP contribution >= 0.6 is 0 Å². The van der Waals surface area contributed by atoms with Crippen LogP contribution in [0.4, 0.5) is 5.82 Å². The second kappa shape index (κ2) is 8.93. The van der Waals surface area contributed by atoms with Gasteiger partial charge in [0.2, 0.25) is 5.91 Å². The summed E-state index contributed by atoms with van der Waals surface area (Å²) in [6.07, 6.45) is 8.67. The largest absolute Gasteiger partial charge is 0.353 e. The smallest absolute Gasteiger partial charge is 0.225 e. The molecule has 4 nitrogen and oxygen atoms in total. The van der Waals surface area contributed by atoms with Crippen molar-refractivity contribution in [1.82, 2.24) is 9.88 Å². The van der Waals surface area contributed by atoms with E-state index in [1.807, 2.05) is 12.1 Å². The third-order valence-corrected chi connectivity index (χ3v) is 6.66. The van der Waals surface area contributed by atoms with Gasteiger partial charge in [-0.15, -0.1) is 0 Å². The number of pyridine rings is 1. The third-order valence-electron chi connectivity index (χ3n) is 6.66. The van der Waals surface area contributed by atoms with Crippen molar-refractivity contribution < 1.29 is 4.79 Å². The molecule has 4 heteroatoms. The topological polar surface area (TPSA) is 36.4 Å². The maximum atomic E-state index is 13.0. The number of nitrogens with zero attached hydrogens (tertiary/aromatic N) is 3. The van der Waals surface area contributed by atoms with Crippen LogP contribution in [0.25, 0.3) is 10.9 Å². The summed E-state index contributed by atoms with van der Waals surface area (Å²) in [6.45, 7) is 5.67. The van der Waals surface area contributed by atoms with Crippen LogP contribution in [0.2, 0.25) is 0 Å². The van der Waals surface area contributed by atoms with E-state index in [1.54, 1.807) is 0 Å². The molecule has 0 unspecified atom stereocenters. The third kappa shape index (κ3) is 4.31. The highest BCUT2D eigenvalue weighted by atomic mass is 16.2. The summed E-state index contributed by atoms with van der Waals surface area (Å²) < 4.78 is 0. The van der Waals surface area contributed by atoms with Gasteiger partial charge in [0.25, 0.3) is 0 Å². The van der Waals surface area contributed by atoms with Crippen LogP contribution in [0.15, 0.2) is 36.4 Å². The van der Waals surface area contributed by atoms with Gasteiger partial charge in [0.15, 0.2) is 0 Å². The molecule has 0 atom stereocenters. The number of piperazine rings is 1. The summed E-state index contributed by atoms with van der Waals surface area (Å²) in [5.41, 5.74) is 1.04. The van der Waals surface area contributed by atoms with E-state index in [0.29, 0.717) is 5.91 Å². The number of carbonyl (C=O) groups excluding carboxylic acids is 1. The van der Waals surface area contributed by atoms with Crippen molar-refractivity contribution in [2.45, 2.75) is 51.9 Å². The zero-order valence-electron chi connectivity index (χ0n) is 17.1. The first-order valence-corrected chi connectivity index (χ1v) is 11.1. The summed E-state index contributed by atoms with van der Waals surface area (Å²) in [6, 6.07) is 12.5. The van der Waals surface area contributed by atoms with E-state index >= 15 is 0 Å². The lowest BCUT2D eigenvalue weighted by Crippen LogP contribution is -2.51. The van der Waals surface area contributed by atoms with Gasteiger partial charge in [-0.05, 0) is 49.8 Å². The Bertz CT molecular complexity index is 789. The van der Waals surface area contributed by atoms with Gasteiger partial charge in [0.05, 0.1) is 5.52 Å². The number of rotatable bonds is 5. The highest BCUT2D eigenvalue weighted by Crippen LogP contribution is 2.33. The van der Waals surface area contributed by atoms with Crippen LogP contribution < -0.4 is 4.90 Å². The zero-order chi connectivity index (χ0) is 19.3. The van der Waals surface area contributed by atoms with Crippen molar-refractivity contribution in [1.29, 1.82) is 0 Å². The fraction of sp³-hybridized carbons (Fsp3) is 0.583. The monoisotopic (exact) mass is 379 g/mol. The molecule has 2 fully saturated rings. The molecule has 0 bridgehead atoms. The van der Waals surface area contributed by atoms with Gasteiger partial charge in [0, 0.05) is 37.5 Å². The van der Waals surface area contributed by atoms with Crippen molar-refractivity contribution in [3.63, 3.8) is 0 Å². The predicted molar refractivity (Wildman–Crippen MR) is 116 cm³/mol. The second-order valence-corrected chi connectivity index (χ2v) is 8.53. The minimum absolute atomic E-state index is 0.267. The molecule has 1 saturated heterocycles. The molecule has 2 heterocycles. The summed E-state index contributed by atoms with van der Waals surface area (Å²) in [5.74, 6) is 2.56. The van der Waals surface area contributed by atoms with E-state index in [1.165, 1.54) is 37.5 Å². The lowest BCUT2D eigenvalue weighted by atomic mass is 9.79. The molecule has 2 aliphatic rings. The number of aromatic nitrogens is 1. The maximum absolute atomic E-state index is 13.0. The van der Waals surface area contributed by atoms with Crippen LogP contribution in [0.5, 0.6) is 0 Å². The quantitative estimate of drug-likeness (QED) is 0.743. The van der Waals surface area contributed by atoms with Gasteiger partial charge >= 0.3 is 0 Å². The SMILES string of the molecule is CCCCC1CCC(C(=O)N2CCN(c3ccc4ccccc4n3)CC2)CC1. The van der Waals surface area contributed by atoms with Gasteiger partial charge in [-0.25, -0.2) is 4.98 Å². The molecule has 2 aromatic rings. The standard InChI is InChI=1S/C24H33N3O/c1-2-3-6-19-9-11-21(12-10-19)24(28)27-17-15-26(16-18-27)23-14-13-20-7-4-5-8-22(20)25-23/h4-5,7-8,13-14,19,21H,2-3,6,9-12,15-18H2,1H3. The number of anilines is 1. The van der Waals surface area contributed by atoms with Crippen LogP contribution in [0, 0.1) is 11.8 Å². The van der Waals surface area contributed by atoms with Crippen LogP contribution in [-0.4, -0.2) is 42.0 Å². The number of para-hydroxylation sites is 1. The Kier molecular flexibility index (Phi) is 6.13. The molecule has 1 aliphatic heterocycles. The van der Waals surface area contributed by atoms with Gasteiger partial charge in [-0.3, -0.25) is 4.79 Å². The summed E-state index contributed by atoms with van der Waals surface area (Å²) in [4.78, 5) is 22.2.